The molecule has 4 heteroatoms. The highest BCUT2D eigenvalue weighted by Crippen LogP contribution is 2.34. The first-order valence-corrected chi connectivity index (χ1v) is 11.2. The van der Waals surface area contributed by atoms with Crippen molar-refractivity contribution in [3.8, 4) is 0 Å². The molecule has 3 rings (SSSR count). The van der Waals surface area contributed by atoms with E-state index in [4.69, 9.17) is 0 Å². The van der Waals surface area contributed by atoms with E-state index in [9.17, 15) is 8.42 Å². The molecule has 140 valence electrons. The van der Waals surface area contributed by atoms with Gasteiger partial charge in [-0.25, -0.2) is 8.42 Å². The average molecular weight is 397 g/mol. The molecule has 3 aromatic rings. The van der Waals surface area contributed by atoms with E-state index < -0.39 is 9.84 Å². The molecule has 0 unspecified atom stereocenters. The molecule has 0 saturated heterocycles. The Labute approximate surface area is 166 Å². The summed E-state index contributed by atoms with van der Waals surface area (Å²) in [5.74, 6) is 0. The summed E-state index contributed by atoms with van der Waals surface area (Å²) in [4.78, 5) is 2.86. The summed E-state index contributed by atoms with van der Waals surface area (Å²) in [6.45, 7) is 8.71. The summed E-state index contributed by atoms with van der Waals surface area (Å²) < 4.78 is 25.4. The van der Waals surface area contributed by atoms with Crippen LogP contribution in [0.25, 0.3) is 0 Å². The molecule has 0 aromatic heterocycles. The third kappa shape index (κ3) is 4.45. The second kappa shape index (κ2) is 7.53. The van der Waals surface area contributed by atoms with E-state index in [0.717, 1.165) is 4.90 Å². The maximum absolute atomic E-state index is 12.7. The molecule has 0 aliphatic rings. The quantitative estimate of drug-likeness (QED) is 0.521. The normalized spacial score (nSPS) is 12.1. The van der Waals surface area contributed by atoms with Crippen molar-refractivity contribution in [2.75, 3.05) is 0 Å². The van der Waals surface area contributed by atoms with Crippen LogP contribution in [0.4, 0.5) is 0 Å². The molecule has 0 bridgehead atoms. The van der Waals surface area contributed by atoms with Gasteiger partial charge in [-0.1, -0.05) is 62.9 Å². The molecule has 0 atom stereocenters. The second-order valence-electron chi connectivity index (χ2n) is 7.62. The Morgan fingerprint density at radius 3 is 1.96 bits per heavy atom. The fraction of sp³-hybridized carbons (Fsp3) is 0.217. The van der Waals surface area contributed by atoms with Crippen LogP contribution in [0.1, 0.15) is 31.9 Å². The summed E-state index contributed by atoms with van der Waals surface area (Å²) in [5.41, 5.74) is 2.60. The van der Waals surface area contributed by atoms with Crippen molar-refractivity contribution in [3.05, 3.63) is 83.9 Å². The van der Waals surface area contributed by atoms with Crippen LogP contribution in [0.3, 0.4) is 0 Å². The van der Waals surface area contributed by atoms with Gasteiger partial charge in [0.2, 0.25) is 9.84 Å². The molecule has 3 aromatic carbocycles. The molecular formula is C23H24O2S2. The van der Waals surface area contributed by atoms with Crippen LogP contribution in [0, 0.1) is 6.92 Å². The Balaban J connectivity index is 1.87. The fourth-order valence-corrected chi connectivity index (χ4v) is 4.95. The lowest BCUT2D eigenvalue weighted by Gasteiger charge is -2.20. The van der Waals surface area contributed by atoms with Gasteiger partial charge in [-0.15, -0.1) is 0 Å². The molecule has 0 N–H and O–H groups in total. The molecular weight excluding hydrogens is 372 g/mol. The van der Waals surface area contributed by atoms with Gasteiger partial charge in [-0.3, -0.25) is 0 Å². The third-order valence-electron chi connectivity index (χ3n) is 4.47. The summed E-state index contributed by atoms with van der Waals surface area (Å²) >= 11 is 1.66. The van der Waals surface area contributed by atoms with E-state index in [-0.39, 0.29) is 5.41 Å². The minimum atomic E-state index is -3.47. The molecule has 0 heterocycles. The topological polar surface area (TPSA) is 34.1 Å². The van der Waals surface area contributed by atoms with E-state index in [1.165, 1.54) is 16.0 Å². The Hall–Kier alpha value is -2.04. The van der Waals surface area contributed by atoms with Gasteiger partial charge in [0.1, 0.15) is 0 Å². The van der Waals surface area contributed by atoms with Gasteiger partial charge in [0.25, 0.3) is 0 Å². The largest absolute Gasteiger partial charge is 0.219 e. The van der Waals surface area contributed by atoms with Gasteiger partial charge in [0, 0.05) is 9.79 Å². The molecule has 0 aliphatic heterocycles. The van der Waals surface area contributed by atoms with Crippen LogP contribution >= 0.6 is 11.8 Å². The molecule has 0 saturated carbocycles. The van der Waals surface area contributed by atoms with Gasteiger partial charge in [-0.2, -0.15) is 0 Å². The van der Waals surface area contributed by atoms with Crippen molar-refractivity contribution in [2.45, 2.75) is 52.7 Å². The average Bonchev–Trinajstić information content (AvgIpc) is 2.64. The summed E-state index contributed by atoms with van der Waals surface area (Å²) in [7, 11) is -3.47. The summed E-state index contributed by atoms with van der Waals surface area (Å²) in [5, 5.41) is 0. The second-order valence-corrected chi connectivity index (χ2v) is 10.7. The number of benzene rings is 3. The number of sulfone groups is 1. The third-order valence-corrected chi connectivity index (χ3v) is 7.42. The lowest BCUT2D eigenvalue weighted by Crippen LogP contribution is -2.11. The van der Waals surface area contributed by atoms with Gasteiger partial charge in [0.05, 0.1) is 9.79 Å². The molecule has 27 heavy (non-hydrogen) atoms. The first-order valence-electron chi connectivity index (χ1n) is 8.87. The van der Waals surface area contributed by atoms with Crippen LogP contribution in [-0.4, -0.2) is 8.42 Å². The highest BCUT2D eigenvalue weighted by Gasteiger charge is 2.18. The Morgan fingerprint density at radius 1 is 0.778 bits per heavy atom. The molecule has 0 amide bonds. The van der Waals surface area contributed by atoms with Crippen molar-refractivity contribution in [1.82, 2.24) is 0 Å². The Bertz CT molecular complexity index is 1030. The van der Waals surface area contributed by atoms with Gasteiger partial charge in [-0.05, 0) is 65.9 Å². The first kappa shape index (κ1) is 19.7. The summed E-state index contributed by atoms with van der Waals surface area (Å²) in [6.07, 6.45) is 0. The minimum absolute atomic E-state index is 0.0939. The van der Waals surface area contributed by atoms with Crippen molar-refractivity contribution in [1.29, 1.82) is 0 Å². The zero-order valence-corrected chi connectivity index (χ0v) is 17.7. The highest BCUT2D eigenvalue weighted by atomic mass is 32.2. The van der Waals surface area contributed by atoms with Gasteiger partial charge < -0.3 is 0 Å². The van der Waals surface area contributed by atoms with Gasteiger partial charge >= 0.3 is 0 Å². The van der Waals surface area contributed by atoms with Crippen molar-refractivity contribution >= 4 is 21.6 Å². The monoisotopic (exact) mass is 396 g/mol. The fourth-order valence-electron chi connectivity index (χ4n) is 2.73. The lowest BCUT2D eigenvalue weighted by molar-refractivity contribution is 0.588. The maximum Gasteiger partial charge on any atom is 0.206 e. The van der Waals surface area contributed by atoms with E-state index in [1.807, 2.05) is 18.2 Å². The van der Waals surface area contributed by atoms with E-state index in [0.29, 0.717) is 9.79 Å². The number of hydrogen-bond acceptors (Lipinski definition) is 3. The van der Waals surface area contributed by atoms with E-state index in [2.05, 4.69) is 45.9 Å². The summed E-state index contributed by atoms with van der Waals surface area (Å²) in [6, 6.07) is 22.2. The molecule has 0 fully saturated rings. The van der Waals surface area contributed by atoms with Crippen molar-refractivity contribution in [3.63, 3.8) is 0 Å². The molecule has 0 radical (unpaired) electrons. The van der Waals surface area contributed by atoms with Gasteiger partial charge in [0.15, 0.2) is 0 Å². The first-order chi connectivity index (χ1) is 12.7. The predicted octanol–water partition coefficient (Wildman–Crippen LogP) is 6.28. The molecule has 2 nitrogen and oxygen atoms in total. The van der Waals surface area contributed by atoms with Crippen LogP contribution in [0.5, 0.6) is 0 Å². The zero-order valence-electron chi connectivity index (χ0n) is 16.1. The zero-order chi connectivity index (χ0) is 19.7. The number of hydrogen-bond donors (Lipinski definition) is 0. The number of rotatable bonds is 4. The maximum atomic E-state index is 12.7. The molecule has 0 spiro atoms. The van der Waals surface area contributed by atoms with Crippen molar-refractivity contribution < 1.29 is 8.42 Å². The van der Waals surface area contributed by atoms with Crippen LogP contribution in [0.15, 0.2) is 92.4 Å². The standard InChI is InChI=1S/C23H24O2S2/c1-17-10-11-18(23(2,3)4)16-22(17)26-19-12-14-21(15-13-19)27(24,25)20-8-6-5-7-9-20/h5-16H,1-4H3. The van der Waals surface area contributed by atoms with Crippen LogP contribution < -0.4 is 0 Å². The molecule has 0 aliphatic carbocycles. The smallest absolute Gasteiger partial charge is 0.206 e. The predicted molar refractivity (Wildman–Crippen MR) is 112 cm³/mol. The lowest BCUT2D eigenvalue weighted by atomic mass is 9.87. The highest BCUT2D eigenvalue weighted by molar-refractivity contribution is 7.99. The van der Waals surface area contributed by atoms with Crippen molar-refractivity contribution in [2.24, 2.45) is 0 Å². The van der Waals surface area contributed by atoms with Crippen LogP contribution in [-0.2, 0) is 15.3 Å². The van der Waals surface area contributed by atoms with E-state index in [1.54, 1.807) is 48.2 Å². The van der Waals surface area contributed by atoms with Crippen LogP contribution in [0.2, 0.25) is 0 Å². The number of aryl methyl sites for hydroxylation is 1. The Kier molecular flexibility index (Phi) is 5.50. The van der Waals surface area contributed by atoms with E-state index >= 15 is 0 Å². The SMILES string of the molecule is Cc1ccc(C(C)(C)C)cc1Sc1ccc(S(=O)(=O)c2ccccc2)cc1. The Morgan fingerprint density at radius 2 is 1.37 bits per heavy atom. The minimum Gasteiger partial charge on any atom is -0.219 e.